The summed E-state index contributed by atoms with van der Waals surface area (Å²) in [5.41, 5.74) is 2.04. The van der Waals surface area contributed by atoms with E-state index in [-0.39, 0.29) is 5.91 Å². The topological polar surface area (TPSA) is 74.2 Å². The minimum atomic E-state index is -0.0164. The summed E-state index contributed by atoms with van der Waals surface area (Å²) in [6.07, 6.45) is 2.22. The van der Waals surface area contributed by atoms with Crippen LogP contribution in [0, 0.1) is 0 Å². The third-order valence-electron chi connectivity index (χ3n) is 2.92. The first-order valence-corrected chi connectivity index (χ1v) is 7.23. The Morgan fingerprint density at radius 3 is 2.95 bits per heavy atom. The number of amides is 1. The second-order valence-electron chi connectivity index (χ2n) is 4.26. The first kappa shape index (κ1) is 12.9. The molecule has 0 radical (unpaired) electrons. The molecule has 0 saturated heterocycles. The first-order valence-electron chi connectivity index (χ1n) is 6.24. The molecule has 6 nitrogen and oxygen atoms in total. The maximum atomic E-state index is 12.1. The molecular weight excluding hydrogens is 274 g/mol. The molecule has 0 saturated carbocycles. The van der Waals surface area contributed by atoms with E-state index in [0.29, 0.717) is 17.5 Å². The van der Waals surface area contributed by atoms with Crippen LogP contribution in [0.4, 0.5) is 0 Å². The van der Waals surface area contributed by atoms with Crippen molar-refractivity contribution in [3.05, 3.63) is 42.2 Å². The number of nitrogens with one attached hydrogen (secondary N) is 1. The second kappa shape index (κ2) is 5.87. The number of aromatic amines is 1. The molecule has 0 fully saturated rings. The van der Waals surface area contributed by atoms with Gasteiger partial charge in [0.15, 0.2) is 5.16 Å². The second-order valence-corrected chi connectivity index (χ2v) is 5.22. The number of benzene rings is 1. The number of aromatic nitrogens is 3. The van der Waals surface area contributed by atoms with Gasteiger partial charge in [-0.25, -0.2) is 9.99 Å². The Balaban J connectivity index is 1.61. The highest BCUT2D eigenvalue weighted by Gasteiger charge is 2.21. The molecule has 20 heavy (non-hydrogen) atoms. The van der Waals surface area contributed by atoms with Crippen LogP contribution in [0.1, 0.15) is 12.0 Å². The number of nitrogens with zero attached hydrogens (tertiary/aromatic N) is 4. The van der Waals surface area contributed by atoms with E-state index in [1.165, 1.54) is 23.1 Å². The Hall–Kier alpha value is -2.15. The van der Waals surface area contributed by atoms with Crippen LogP contribution < -0.4 is 0 Å². The number of hydrazone groups is 1. The number of thioether (sulfide) groups is 1. The van der Waals surface area contributed by atoms with Crippen molar-refractivity contribution >= 4 is 23.4 Å². The van der Waals surface area contributed by atoms with E-state index in [4.69, 9.17) is 0 Å². The Morgan fingerprint density at radius 2 is 2.20 bits per heavy atom. The highest BCUT2D eigenvalue weighted by Crippen LogP contribution is 2.17. The number of carbonyl (C=O) groups is 1. The highest BCUT2D eigenvalue weighted by atomic mass is 32.2. The van der Waals surface area contributed by atoms with Crippen LogP contribution in [0.5, 0.6) is 0 Å². The van der Waals surface area contributed by atoms with Crippen LogP contribution >= 0.6 is 11.8 Å². The predicted molar refractivity (Wildman–Crippen MR) is 76.4 cm³/mol. The molecule has 7 heteroatoms. The van der Waals surface area contributed by atoms with Crippen molar-refractivity contribution in [1.82, 2.24) is 20.2 Å². The highest BCUT2D eigenvalue weighted by molar-refractivity contribution is 7.99. The van der Waals surface area contributed by atoms with E-state index >= 15 is 0 Å². The fraction of sp³-hybridized carbons (Fsp3) is 0.231. The zero-order valence-electron chi connectivity index (χ0n) is 10.7. The Bertz CT molecular complexity index is 611. The summed E-state index contributed by atoms with van der Waals surface area (Å²) in [5, 5.41) is 13.0. The summed E-state index contributed by atoms with van der Waals surface area (Å²) >= 11 is 1.33. The van der Waals surface area contributed by atoms with Crippen LogP contribution in [-0.4, -0.2) is 44.1 Å². The fourth-order valence-electron chi connectivity index (χ4n) is 1.94. The van der Waals surface area contributed by atoms with Gasteiger partial charge in [0.1, 0.15) is 6.33 Å². The molecule has 0 aliphatic carbocycles. The summed E-state index contributed by atoms with van der Waals surface area (Å²) in [7, 11) is 0. The van der Waals surface area contributed by atoms with Crippen molar-refractivity contribution in [3.8, 4) is 0 Å². The number of carbonyl (C=O) groups excluding carboxylic acids is 1. The monoisotopic (exact) mass is 287 g/mol. The molecule has 102 valence electrons. The molecule has 1 aliphatic heterocycles. The quantitative estimate of drug-likeness (QED) is 0.865. The Labute approximate surface area is 120 Å². The summed E-state index contributed by atoms with van der Waals surface area (Å²) in [6, 6.07) is 9.94. The number of hydrogen-bond donors (Lipinski definition) is 1. The molecule has 3 rings (SSSR count). The van der Waals surface area contributed by atoms with Crippen molar-refractivity contribution in [3.63, 3.8) is 0 Å². The molecule has 1 aromatic heterocycles. The molecule has 1 N–H and O–H groups in total. The lowest BCUT2D eigenvalue weighted by atomic mass is 10.1. The largest absolute Gasteiger partial charge is 0.272 e. The van der Waals surface area contributed by atoms with E-state index in [9.17, 15) is 4.79 Å². The van der Waals surface area contributed by atoms with Crippen LogP contribution in [0.25, 0.3) is 0 Å². The van der Waals surface area contributed by atoms with Gasteiger partial charge in [-0.3, -0.25) is 9.89 Å². The van der Waals surface area contributed by atoms with Crippen LogP contribution in [-0.2, 0) is 4.79 Å². The minimum absolute atomic E-state index is 0.0164. The maximum Gasteiger partial charge on any atom is 0.253 e. The maximum absolute atomic E-state index is 12.1. The SMILES string of the molecule is O=C(CSc1ncn[nH]1)N1CCC(c2ccccc2)=N1. The van der Waals surface area contributed by atoms with E-state index in [0.717, 1.165) is 17.7 Å². The molecule has 2 heterocycles. The van der Waals surface area contributed by atoms with Crippen molar-refractivity contribution < 1.29 is 4.79 Å². The van der Waals surface area contributed by atoms with Gasteiger partial charge in [0, 0.05) is 6.42 Å². The zero-order chi connectivity index (χ0) is 13.8. The lowest BCUT2D eigenvalue weighted by Crippen LogP contribution is -2.25. The number of rotatable bonds is 4. The third-order valence-corrected chi connectivity index (χ3v) is 3.78. The normalized spacial score (nSPS) is 14.4. The van der Waals surface area contributed by atoms with Gasteiger partial charge >= 0.3 is 0 Å². The molecular formula is C13H13N5OS. The van der Waals surface area contributed by atoms with Crippen molar-refractivity contribution in [1.29, 1.82) is 0 Å². The molecule has 2 aromatic rings. The van der Waals surface area contributed by atoms with Gasteiger partial charge in [0.25, 0.3) is 5.91 Å². The smallest absolute Gasteiger partial charge is 0.253 e. The van der Waals surface area contributed by atoms with Gasteiger partial charge < -0.3 is 0 Å². The van der Waals surface area contributed by atoms with Crippen LogP contribution in [0.2, 0.25) is 0 Å². The number of hydrogen-bond acceptors (Lipinski definition) is 5. The fourth-order valence-corrected chi connectivity index (χ4v) is 2.59. The summed E-state index contributed by atoms with van der Waals surface area (Å²) in [4.78, 5) is 16.0. The lowest BCUT2D eigenvalue weighted by Gasteiger charge is -2.09. The van der Waals surface area contributed by atoms with Gasteiger partial charge in [0.2, 0.25) is 0 Å². The van der Waals surface area contributed by atoms with Crippen molar-refractivity contribution in [2.75, 3.05) is 12.3 Å². The molecule has 1 amide bonds. The lowest BCUT2D eigenvalue weighted by molar-refractivity contribution is -0.127. The molecule has 0 atom stereocenters. The van der Waals surface area contributed by atoms with E-state index in [1.807, 2.05) is 30.3 Å². The van der Waals surface area contributed by atoms with Crippen molar-refractivity contribution in [2.24, 2.45) is 5.10 Å². The molecule has 1 aromatic carbocycles. The van der Waals surface area contributed by atoms with E-state index in [2.05, 4.69) is 20.3 Å². The molecule has 1 aliphatic rings. The van der Waals surface area contributed by atoms with Gasteiger partial charge in [-0.05, 0) is 5.56 Å². The van der Waals surface area contributed by atoms with Crippen molar-refractivity contribution in [2.45, 2.75) is 11.6 Å². The summed E-state index contributed by atoms with van der Waals surface area (Å²) in [6.45, 7) is 0.639. The average Bonchev–Trinajstić information content (AvgIpc) is 3.17. The van der Waals surface area contributed by atoms with Gasteiger partial charge in [-0.15, -0.1) is 0 Å². The third kappa shape index (κ3) is 2.88. The average molecular weight is 287 g/mol. The summed E-state index contributed by atoms with van der Waals surface area (Å²) in [5.74, 6) is 0.290. The van der Waals surface area contributed by atoms with Gasteiger partial charge in [-0.1, -0.05) is 42.1 Å². The molecule has 0 unspecified atom stereocenters. The number of H-pyrrole nitrogens is 1. The molecule has 0 spiro atoms. The summed E-state index contributed by atoms with van der Waals surface area (Å²) < 4.78 is 0. The Kier molecular flexibility index (Phi) is 3.78. The van der Waals surface area contributed by atoms with E-state index in [1.54, 1.807) is 0 Å². The van der Waals surface area contributed by atoms with E-state index < -0.39 is 0 Å². The van der Waals surface area contributed by atoms with Crippen LogP contribution in [0.15, 0.2) is 46.9 Å². The standard InChI is InChI=1S/C13H13N5OS/c19-12(8-20-13-14-9-15-16-13)18-7-6-11(17-18)10-4-2-1-3-5-10/h1-5,9H,6-8H2,(H,14,15,16). The minimum Gasteiger partial charge on any atom is -0.272 e. The molecule has 0 bridgehead atoms. The van der Waals surface area contributed by atoms with Crippen LogP contribution in [0.3, 0.4) is 0 Å². The Morgan fingerprint density at radius 1 is 1.35 bits per heavy atom. The predicted octanol–water partition coefficient (Wildman–Crippen LogP) is 1.53. The van der Waals surface area contributed by atoms with Gasteiger partial charge in [0.05, 0.1) is 18.0 Å². The first-order chi connectivity index (χ1) is 9.83. The zero-order valence-corrected chi connectivity index (χ0v) is 11.5. The van der Waals surface area contributed by atoms with Gasteiger partial charge in [-0.2, -0.15) is 10.2 Å².